The molecule has 0 amide bonds. The molecule has 1 aromatic carbocycles. The molecule has 0 aliphatic carbocycles. The van der Waals surface area contributed by atoms with Crippen molar-refractivity contribution in [3.63, 3.8) is 0 Å². The molecule has 0 saturated carbocycles. The van der Waals surface area contributed by atoms with Gasteiger partial charge in [-0.1, -0.05) is 24.8 Å². The molecule has 0 radical (unpaired) electrons. The average Bonchev–Trinajstić information content (AvgIpc) is 2.27. The number of rotatable bonds is 6. The molecule has 0 saturated heterocycles. The summed E-state index contributed by atoms with van der Waals surface area (Å²) in [6.45, 7) is 10.6. The van der Waals surface area contributed by atoms with E-state index in [1.165, 1.54) is 0 Å². The second-order valence-corrected chi connectivity index (χ2v) is 3.88. The maximum absolute atomic E-state index is 5.66. The van der Waals surface area contributed by atoms with Crippen LogP contribution in [0.2, 0.25) is 0 Å². The quantitative estimate of drug-likeness (QED) is 0.744. The van der Waals surface area contributed by atoms with Gasteiger partial charge in [0, 0.05) is 6.54 Å². The highest BCUT2D eigenvalue weighted by Crippen LogP contribution is 2.21. The summed E-state index contributed by atoms with van der Waals surface area (Å²) < 4.78 is 5.66. The van der Waals surface area contributed by atoms with Crippen LogP contribution in [0.1, 0.15) is 18.1 Å². The van der Waals surface area contributed by atoms with Crippen molar-refractivity contribution in [2.24, 2.45) is 5.73 Å². The summed E-state index contributed by atoms with van der Waals surface area (Å²) in [5, 5.41) is 0. The van der Waals surface area contributed by atoms with Crippen LogP contribution in [-0.2, 0) is 13.0 Å². The molecule has 0 spiro atoms. The van der Waals surface area contributed by atoms with Crippen molar-refractivity contribution in [1.82, 2.24) is 0 Å². The summed E-state index contributed by atoms with van der Waals surface area (Å²) in [6, 6.07) is 6.01. The van der Waals surface area contributed by atoms with E-state index < -0.39 is 0 Å². The summed E-state index contributed by atoms with van der Waals surface area (Å²) >= 11 is 0. The third-order valence-electron chi connectivity index (χ3n) is 2.20. The molecule has 0 fully saturated rings. The second kappa shape index (κ2) is 6.13. The SMILES string of the molecule is C=CCc1cc(CN)ccc1OCC(=C)C. The van der Waals surface area contributed by atoms with Crippen LogP contribution in [0.25, 0.3) is 0 Å². The zero-order chi connectivity index (χ0) is 12.0. The first kappa shape index (κ1) is 12.5. The van der Waals surface area contributed by atoms with E-state index in [0.29, 0.717) is 13.2 Å². The number of benzene rings is 1. The molecule has 0 aliphatic heterocycles. The Labute approximate surface area is 97.4 Å². The zero-order valence-corrected chi connectivity index (χ0v) is 9.83. The van der Waals surface area contributed by atoms with Gasteiger partial charge in [-0.3, -0.25) is 0 Å². The Morgan fingerprint density at radius 2 is 2.25 bits per heavy atom. The minimum absolute atomic E-state index is 0.547. The Morgan fingerprint density at radius 3 is 2.81 bits per heavy atom. The van der Waals surface area contributed by atoms with Gasteiger partial charge >= 0.3 is 0 Å². The van der Waals surface area contributed by atoms with Crippen LogP contribution in [0.3, 0.4) is 0 Å². The fourth-order valence-corrected chi connectivity index (χ4v) is 1.42. The zero-order valence-electron chi connectivity index (χ0n) is 9.83. The molecule has 1 rings (SSSR count). The van der Waals surface area contributed by atoms with Crippen molar-refractivity contribution >= 4 is 0 Å². The molecule has 86 valence electrons. The minimum Gasteiger partial charge on any atom is -0.489 e. The number of allylic oxidation sites excluding steroid dienone is 1. The van der Waals surface area contributed by atoms with Gasteiger partial charge in [0.2, 0.25) is 0 Å². The lowest BCUT2D eigenvalue weighted by atomic mass is 10.1. The lowest BCUT2D eigenvalue weighted by molar-refractivity contribution is 0.349. The Bertz CT molecular complexity index is 382. The van der Waals surface area contributed by atoms with Gasteiger partial charge in [0.05, 0.1) is 0 Å². The van der Waals surface area contributed by atoms with Crippen LogP contribution in [0.4, 0.5) is 0 Å². The van der Waals surface area contributed by atoms with E-state index in [1.807, 2.05) is 25.1 Å². The topological polar surface area (TPSA) is 35.2 Å². The summed E-state index contributed by atoms with van der Waals surface area (Å²) in [7, 11) is 0. The summed E-state index contributed by atoms with van der Waals surface area (Å²) in [4.78, 5) is 0. The standard InChI is InChI=1S/C14H19NO/c1-4-5-13-8-12(9-15)6-7-14(13)16-10-11(2)3/h4,6-8H,1-2,5,9-10,15H2,3H3. The molecule has 16 heavy (non-hydrogen) atoms. The van der Waals surface area contributed by atoms with Crippen LogP contribution in [-0.4, -0.2) is 6.61 Å². The van der Waals surface area contributed by atoms with Gasteiger partial charge in [0.25, 0.3) is 0 Å². The van der Waals surface area contributed by atoms with Gasteiger partial charge in [-0.25, -0.2) is 0 Å². The average molecular weight is 217 g/mol. The van der Waals surface area contributed by atoms with E-state index in [0.717, 1.165) is 28.9 Å². The Balaban J connectivity index is 2.88. The maximum Gasteiger partial charge on any atom is 0.123 e. The molecular weight excluding hydrogens is 198 g/mol. The maximum atomic E-state index is 5.66. The first-order valence-electron chi connectivity index (χ1n) is 5.37. The predicted octanol–water partition coefficient (Wildman–Crippen LogP) is 2.83. The normalized spacial score (nSPS) is 9.88. The highest BCUT2D eigenvalue weighted by Gasteiger charge is 2.03. The van der Waals surface area contributed by atoms with Crippen molar-refractivity contribution < 1.29 is 4.74 Å². The third kappa shape index (κ3) is 3.55. The van der Waals surface area contributed by atoms with Crippen LogP contribution < -0.4 is 10.5 Å². The monoisotopic (exact) mass is 217 g/mol. The van der Waals surface area contributed by atoms with E-state index in [-0.39, 0.29) is 0 Å². The highest BCUT2D eigenvalue weighted by molar-refractivity contribution is 5.38. The largest absolute Gasteiger partial charge is 0.489 e. The van der Waals surface area contributed by atoms with Gasteiger partial charge in [0.15, 0.2) is 0 Å². The van der Waals surface area contributed by atoms with Crippen molar-refractivity contribution in [2.75, 3.05) is 6.61 Å². The summed E-state index contributed by atoms with van der Waals surface area (Å²) in [6.07, 6.45) is 2.66. The van der Waals surface area contributed by atoms with E-state index in [9.17, 15) is 0 Å². The molecule has 2 N–H and O–H groups in total. The van der Waals surface area contributed by atoms with Gasteiger partial charge < -0.3 is 10.5 Å². The molecular formula is C14H19NO. The second-order valence-electron chi connectivity index (χ2n) is 3.88. The van der Waals surface area contributed by atoms with E-state index in [4.69, 9.17) is 10.5 Å². The van der Waals surface area contributed by atoms with Gasteiger partial charge in [0.1, 0.15) is 12.4 Å². The lowest BCUT2D eigenvalue weighted by Gasteiger charge is -2.11. The Morgan fingerprint density at radius 1 is 1.50 bits per heavy atom. The molecule has 0 atom stereocenters. The molecule has 0 unspecified atom stereocenters. The number of hydrogen-bond acceptors (Lipinski definition) is 2. The summed E-state index contributed by atoms with van der Waals surface area (Å²) in [5.41, 5.74) is 8.85. The molecule has 0 aromatic heterocycles. The Hall–Kier alpha value is -1.54. The third-order valence-corrected chi connectivity index (χ3v) is 2.20. The molecule has 0 bridgehead atoms. The fraction of sp³-hybridized carbons (Fsp3) is 0.286. The van der Waals surface area contributed by atoms with Gasteiger partial charge in [-0.2, -0.15) is 0 Å². The molecule has 2 nitrogen and oxygen atoms in total. The first-order chi connectivity index (χ1) is 7.67. The minimum atomic E-state index is 0.547. The molecule has 2 heteroatoms. The molecule has 0 heterocycles. The predicted molar refractivity (Wildman–Crippen MR) is 68.5 cm³/mol. The number of nitrogens with two attached hydrogens (primary N) is 1. The van der Waals surface area contributed by atoms with Gasteiger partial charge in [-0.15, -0.1) is 6.58 Å². The molecule has 1 aromatic rings. The number of hydrogen-bond donors (Lipinski definition) is 1. The lowest BCUT2D eigenvalue weighted by Crippen LogP contribution is -2.03. The van der Waals surface area contributed by atoms with Crippen LogP contribution >= 0.6 is 0 Å². The van der Waals surface area contributed by atoms with Crippen molar-refractivity contribution in [1.29, 1.82) is 0 Å². The van der Waals surface area contributed by atoms with Gasteiger partial charge in [-0.05, 0) is 36.1 Å². The Kier molecular flexibility index (Phi) is 4.80. The van der Waals surface area contributed by atoms with E-state index in [2.05, 4.69) is 19.2 Å². The van der Waals surface area contributed by atoms with E-state index >= 15 is 0 Å². The molecule has 0 aliphatic rings. The van der Waals surface area contributed by atoms with E-state index in [1.54, 1.807) is 0 Å². The number of ether oxygens (including phenoxy) is 1. The van der Waals surface area contributed by atoms with Crippen LogP contribution in [0.15, 0.2) is 43.0 Å². The highest BCUT2D eigenvalue weighted by atomic mass is 16.5. The van der Waals surface area contributed by atoms with Crippen molar-refractivity contribution in [3.8, 4) is 5.75 Å². The van der Waals surface area contributed by atoms with Crippen LogP contribution in [0, 0.1) is 0 Å². The fourth-order valence-electron chi connectivity index (χ4n) is 1.42. The van der Waals surface area contributed by atoms with Crippen molar-refractivity contribution in [2.45, 2.75) is 19.9 Å². The van der Waals surface area contributed by atoms with Crippen LogP contribution in [0.5, 0.6) is 5.75 Å². The summed E-state index contributed by atoms with van der Waals surface area (Å²) in [5.74, 6) is 0.889. The smallest absolute Gasteiger partial charge is 0.123 e. The first-order valence-corrected chi connectivity index (χ1v) is 5.37. The van der Waals surface area contributed by atoms with Crippen molar-refractivity contribution in [3.05, 3.63) is 54.1 Å².